The molecule has 3 saturated heterocycles. The minimum atomic E-state index is -1.39. The van der Waals surface area contributed by atoms with Gasteiger partial charge in [0.25, 0.3) is 0 Å². The van der Waals surface area contributed by atoms with Crippen molar-refractivity contribution in [2.24, 2.45) is 0 Å². The molecule has 2 aromatic heterocycles. The maximum atomic E-state index is 14.0. The van der Waals surface area contributed by atoms with Crippen molar-refractivity contribution < 1.29 is 19.5 Å². The predicted octanol–water partition coefficient (Wildman–Crippen LogP) is 8.07. The number of imidazole rings is 2. The fourth-order valence-electron chi connectivity index (χ4n) is 8.68. The SMILES string of the molecule is C[As](C)[C@@H](C(=O)N1CCC[C@H]1c1ncc(-c2ccc(-c3ccc(-c4cnc([C@@H]5CCCN5C(=O)[C@H]5CCCCN5C(=O)O)[nH]4)cc3)cc2)[nH]1)c1ccccc1. The van der Waals surface area contributed by atoms with Gasteiger partial charge in [0.1, 0.15) is 11.9 Å². The first-order valence-corrected chi connectivity index (χ1v) is 24.2. The molecule has 3 aromatic carbocycles. The molecule has 3 amide bonds. The van der Waals surface area contributed by atoms with E-state index in [1.807, 2.05) is 35.5 Å². The van der Waals surface area contributed by atoms with Gasteiger partial charge in [-0.05, 0) is 37.7 Å². The molecule has 4 atom stereocenters. The number of benzene rings is 3. The van der Waals surface area contributed by atoms with Crippen LogP contribution in [0.5, 0.6) is 0 Å². The Kier molecular flexibility index (Phi) is 10.6. The van der Waals surface area contributed by atoms with Crippen LogP contribution in [0.1, 0.15) is 78.9 Å². The fraction of sp³-hybridized carbons (Fsp3) is 0.372. The van der Waals surface area contributed by atoms with Crippen LogP contribution < -0.4 is 0 Å². The van der Waals surface area contributed by atoms with E-state index in [2.05, 4.69) is 91.9 Å². The average molecular weight is 802 g/mol. The first kappa shape index (κ1) is 36.8. The summed E-state index contributed by atoms with van der Waals surface area (Å²) in [5, 5.41) is 9.70. The minimum absolute atomic E-state index is 0.0386. The second-order valence-electron chi connectivity index (χ2n) is 15.2. The molecule has 55 heavy (non-hydrogen) atoms. The first-order chi connectivity index (χ1) is 26.8. The Morgan fingerprint density at radius 3 is 1.71 bits per heavy atom. The molecule has 0 spiro atoms. The van der Waals surface area contributed by atoms with Crippen molar-refractivity contribution >= 4 is 32.6 Å². The summed E-state index contributed by atoms with van der Waals surface area (Å²) >= 11 is -1.39. The van der Waals surface area contributed by atoms with Gasteiger partial charge in [0.2, 0.25) is 5.91 Å². The number of hydrogen-bond acceptors (Lipinski definition) is 5. The molecule has 3 fully saturated rings. The third-order valence-corrected chi connectivity index (χ3v) is 14.8. The number of carboxylic acid groups (broad SMARTS) is 1. The molecular formula is C43H48AsN7O4. The summed E-state index contributed by atoms with van der Waals surface area (Å²) in [4.78, 5) is 61.1. The van der Waals surface area contributed by atoms with E-state index >= 15 is 0 Å². The van der Waals surface area contributed by atoms with Crippen molar-refractivity contribution in [2.75, 3.05) is 19.6 Å². The Bertz CT molecular complexity index is 2130. The van der Waals surface area contributed by atoms with E-state index in [4.69, 9.17) is 4.98 Å². The number of rotatable bonds is 9. The Hall–Kier alpha value is -5.15. The third kappa shape index (κ3) is 7.46. The molecule has 0 saturated carbocycles. The Morgan fingerprint density at radius 2 is 1.16 bits per heavy atom. The van der Waals surface area contributed by atoms with Gasteiger partial charge in [0.05, 0.1) is 17.9 Å². The number of piperidine rings is 1. The number of hydrogen-bond donors (Lipinski definition) is 3. The molecule has 0 aliphatic carbocycles. The van der Waals surface area contributed by atoms with Crippen LogP contribution in [0.3, 0.4) is 0 Å². The number of likely N-dealkylation sites (tertiary alicyclic amines) is 3. The van der Waals surface area contributed by atoms with Gasteiger partial charge in [0.15, 0.2) is 0 Å². The van der Waals surface area contributed by atoms with Gasteiger partial charge in [-0.3, -0.25) is 9.69 Å². The van der Waals surface area contributed by atoms with Crippen LogP contribution in [0.15, 0.2) is 91.3 Å². The average Bonchev–Trinajstić information content (AvgIpc) is 4.05. The summed E-state index contributed by atoms with van der Waals surface area (Å²) in [6.07, 6.45) is 8.41. The Morgan fingerprint density at radius 1 is 0.655 bits per heavy atom. The zero-order valence-electron chi connectivity index (χ0n) is 31.4. The van der Waals surface area contributed by atoms with E-state index < -0.39 is 26.8 Å². The third-order valence-electron chi connectivity index (χ3n) is 11.5. The van der Waals surface area contributed by atoms with E-state index in [1.54, 1.807) is 0 Å². The Balaban J connectivity index is 0.924. The van der Waals surface area contributed by atoms with E-state index in [1.165, 1.54) is 4.90 Å². The molecule has 12 heteroatoms. The van der Waals surface area contributed by atoms with Crippen LogP contribution >= 0.6 is 0 Å². The number of carbonyl (C=O) groups is 3. The van der Waals surface area contributed by atoms with Gasteiger partial charge in [-0.1, -0.05) is 24.3 Å². The number of nitrogens with zero attached hydrogens (tertiary/aromatic N) is 5. The van der Waals surface area contributed by atoms with E-state index in [-0.39, 0.29) is 28.6 Å². The zero-order chi connectivity index (χ0) is 38.1. The van der Waals surface area contributed by atoms with Gasteiger partial charge >= 0.3 is 182 Å². The van der Waals surface area contributed by atoms with Crippen LogP contribution in [0.25, 0.3) is 33.6 Å². The van der Waals surface area contributed by atoms with Crippen molar-refractivity contribution in [1.82, 2.24) is 34.6 Å². The molecule has 5 aromatic rings. The van der Waals surface area contributed by atoms with Crippen molar-refractivity contribution in [3.05, 3.63) is 108 Å². The normalized spacial score (nSPS) is 20.6. The summed E-state index contributed by atoms with van der Waals surface area (Å²) in [6, 6.07) is 26.2. The van der Waals surface area contributed by atoms with Crippen LogP contribution in [-0.4, -0.2) is 98.0 Å². The van der Waals surface area contributed by atoms with Crippen LogP contribution in [0.4, 0.5) is 4.79 Å². The molecule has 3 aliphatic rings. The number of nitrogens with one attached hydrogen (secondary N) is 2. The molecule has 284 valence electrons. The predicted molar refractivity (Wildman–Crippen MR) is 213 cm³/mol. The molecule has 0 radical (unpaired) electrons. The number of carbonyl (C=O) groups excluding carboxylic acids is 2. The number of amides is 3. The molecule has 3 N–H and O–H groups in total. The molecule has 0 unspecified atom stereocenters. The van der Waals surface area contributed by atoms with E-state index in [0.717, 1.165) is 95.9 Å². The van der Waals surface area contributed by atoms with Gasteiger partial charge < -0.3 is 15.0 Å². The van der Waals surface area contributed by atoms with Gasteiger partial charge in [0, 0.05) is 13.1 Å². The summed E-state index contributed by atoms with van der Waals surface area (Å²) in [7, 11) is 0. The van der Waals surface area contributed by atoms with Crippen molar-refractivity contribution in [3.63, 3.8) is 0 Å². The second-order valence-corrected chi connectivity index (χ2v) is 20.3. The molecule has 0 bridgehead atoms. The summed E-state index contributed by atoms with van der Waals surface area (Å²) in [6.45, 7) is 1.77. The van der Waals surface area contributed by atoms with Crippen molar-refractivity contribution in [3.8, 4) is 33.6 Å². The van der Waals surface area contributed by atoms with Crippen LogP contribution in [-0.2, 0) is 9.59 Å². The summed E-state index contributed by atoms with van der Waals surface area (Å²) in [5.74, 6) is 1.71. The van der Waals surface area contributed by atoms with Crippen LogP contribution in [0.2, 0.25) is 11.4 Å². The fourth-order valence-corrected chi connectivity index (χ4v) is 11.5. The van der Waals surface area contributed by atoms with Crippen LogP contribution in [0, 0.1) is 0 Å². The molecule has 5 heterocycles. The maximum absolute atomic E-state index is 14.0. The van der Waals surface area contributed by atoms with Gasteiger partial charge in [-0.2, -0.15) is 0 Å². The summed E-state index contributed by atoms with van der Waals surface area (Å²) < 4.78 is -0.0386. The zero-order valence-corrected chi connectivity index (χ0v) is 33.3. The number of aromatic nitrogens is 4. The standard InChI is InChI=1S/C43H48AsN7O4/c1-44(2)38(32-10-4-3-5-11-32)42(53)50-25-9-14-36(50)40-46-27-34(48-40)31-21-17-29(18-22-31)28-15-19-30(20-16-28)33-26-45-39(47-33)35-13-8-24-49(35)41(52)37-12-6-7-23-51(37)43(54)55/h3-5,10-11,15-22,26-27,35-38H,6-9,12-14,23-25H2,1-2H3,(H,45,47)(H,46,48)(H,54,55)/t35-,36-,37+,38+/m0/s1. The van der Waals surface area contributed by atoms with Crippen molar-refractivity contribution in [2.45, 2.75) is 79.2 Å². The summed E-state index contributed by atoms with van der Waals surface area (Å²) in [5.41, 5.74) is 11.7. The monoisotopic (exact) mass is 801 g/mol. The van der Waals surface area contributed by atoms with Crippen molar-refractivity contribution in [1.29, 1.82) is 0 Å². The molecular weight excluding hydrogens is 753 g/mol. The molecule has 11 nitrogen and oxygen atoms in total. The van der Waals surface area contributed by atoms with E-state index in [0.29, 0.717) is 19.5 Å². The quantitative estimate of drug-likeness (QED) is 0.129. The number of aromatic amines is 2. The van der Waals surface area contributed by atoms with E-state index in [9.17, 15) is 19.5 Å². The van der Waals surface area contributed by atoms with Gasteiger partial charge in [-0.15, -0.1) is 0 Å². The second kappa shape index (κ2) is 15.9. The van der Waals surface area contributed by atoms with Gasteiger partial charge in [-0.25, -0.2) is 9.78 Å². The topological polar surface area (TPSA) is 139 Å². The molecule has 3 aliphatic heterocycles. The first-order valence-electron chi connectivity index (χ1n) is 19.4. The Labute approximate surface area is 326 Å². The molecule has 8 rings (SSSR count). The number of H-pyrrole nitrogens is 2.